The molecule has 0 amide bonds. The molecule has 1 heterocycles. The molecule has 0 aromatic rings. The van der Waals surface area contributed by atoms with Gasteiger partial charge in [-0.2, -0.15) is 25.3 Å². The minimum atomic E-state index is -0.722. The molecular formula is C9H18O3S2. The predicted molar refractivity (Wildman–Crippen MR) is 61.9 cm³/mol. The minimum Gasteiger partial charge on any atom is -0.394 e. The van der Waals surface area contributed by atoms with Gasteiger partial charge in [-0.3, -0.25) is 0 Å². The molecule has 5 heteroatoms. The molecule has 84 valence electrons. The molecule has 14 heavy (non-hydrogen) atoms. The van der Waals surface area contributed by atoms with E-state index < -0.39 is 6.29 Å². The molecule has 4 atom stereocenters. The Balaban J connectivity index is 2.49. The van der Waals surface area contributed by atoms with Crippen LogP contribution in [-0.2, 0) is 4.74 Å². The first-order valence-electron chi connectivity index (χ1n) is 4.92. The van der Waals surface area contributed by atoms with E-state index in [0.717, 1.165) is 18.6 Å². The van der Waals surface area contributed by atoms with Gasteiger partial charge < -0.3 is 14.9 Å². The smallest absolute Gasteiger partial charge is 0.155 e. The highest BCUT2D eigenvalue weighted by Crippen LogP contribution is 2.30. The molecule has 1 fully saturated rings. The first-order valence-corrected chi connectivity index (χ1v) is 6.07. The highest BCUT2D eigenvalue weighted by molar-refractivity contribution is 7.81. The van der Waals surface area contributed by atoms with Crippen molar-refractivity contribution in [3.05, 3.63) is 0 Å². The number of rotatable bonds is 4. The molecule has 2 N–H and O–H groups in total. The molecule has 0 aromatic heterocycles. The Labute approximate surface area is 95.7 Å². The molecule has 0 aromatic carbocycles. The van der Waals surface area contributed by atoms with Crippen molar-refractivity contribution in [2.45, 2.75) is 36.9 Å². The van der Waals surface area contributed by atoms with Gasteiger partial charge in [0.25, 0.3) is 0 Å². The second-order valence-electron chi connectivity index (χ2n) is 3.63. The van der Waals surface area contributed by atoms with Crippen LogP contribution in [0.5, 0.6) is 0 Å². The molecule has 4 unspecified atom stereocenters. The molecule has 0 aliphatic carbocycles. The fourth-order valence-corrected chi connectivity index (χ4v) is 2.81. The number of aliphatic hydroxyl groups is 2. The number of aliphatic hydroxyl groups excluding tert-OH is 2. The second kappa shape index (κ2) is 6.23. The van der Waals surface area contributed by atoms with Gasteiger partial charge in [-0.15, -0.1) is 0 Å². The van der Waals surface area contributed by atoms with Crippen molar-refractivity contribution in [3.8, 4) is 0 Å². The number of thiol groups is 2. The monoisotopic (exact) mass is 238 g/mol. The van der Waals surface area contributed by atoms with E-state index in [9.17, 15) is 5.11 Å². The van der Waals surface area contributed by atoms with Crippen molar-refractivity contribution in [1.29, 1.82) is 0 Å². The summed E-state index contributed by atoms with van der Waals surface area (Å²) >= 11 is 8.63. The summed E-state index contributed by atoms with van der Waals surface area (Å²) < 4.78 is 5.25. The maximum atomic E-state index is 9.27. The lowest BCUT2D eigenvalue weighted by molar-refractivity contribution is -0.192. The lowest BCUT2D eigenvalue weighted by atomic mass is 9.89. The number of ether oxygens (including phenoxy) is 1. The highest BCUT2D eigenvalue weighted by atomic mass is 32.1. The van der Waals surface area contributed by atoms with Crippen LogP contribution in [0.2, 0.25) is 0 Å². The van der Waals surface area contributed by atoms with Crippen molar-refractivity contribution >= 4 is 25.3 Å². The molecule has 3 nitrogen and oxygen atoms in total. The van der Waals surface area contributed by atoms with Crippen LogP contribution in [0.25, 0.3) is 0 Å². The summed E-state index contributed by atoms with van der Waals surface area (Å²) in [6, 6.07) is 0. The van der Waals surface area contributed by atoms with E-state index in [-0.39, 0.29) is 23.9 Å². The number of hydrogen-bond acceptors (Lipinski definition) is 5. The predicted octanol–water partition coefficient (Wildman–Crippen LogP) is 0.711. The Morgan fingerprint density at radius 2 is 2.14 bits per heavy atom. The summed E-state index contributed by atoms with van der Waals surface area (Å²) in [6.45, 7) is -0.0502. The Hall–Kier alpha value is 0.580. The SMILES string of the molecule is OCC1OC(O)CCC1C(S)CCS. The standard InChI is InChI=1S/C9H18O3S2/c10-5-7-6(8(14)3-4-13)1-2-9(11)12-7/h6-11,13-14H,1-5H2. The third kappa shape index (κ3) is 3.31. The summed E-state index contributed by atoms with van der Waals surface area (Å²) in [5, 5.41) is 18.6. The van der Waals surface area contributed by atoms with Crippen LogP contribution in [-0.4, -0.2) is 40.2 Å². The normalized spacial score (nSPS) is 35.6. The van der Waals surface area contributed by atoms with Gasteiger partial charge in [-0.25, -0.2) is 0 Å². The maximum Gasteiger partial charge on any atom is 0.155 e. The van der Waals surface area contributed by atoms with Crippen LogP contribution in [0, 0.1) is 5.92 Å². The van der Waals surface area contributed by atoms with Crippen molar-refractivity contribution in [2.24, 2.45) is 5.92 Å². The van der Waals surface area contributed by atoms with Crippen LogP contribution in [0.1, 0.15) is 19.3 Å². The number of hydrogen-bond donors (Lipinski definition) is 4. The van der Waals surface area contributed by atoms with Gasteiger partial charge in [0.05, 0.1) is 12.7 Å². The van der Waals surface area contributed by atoms with Gasteiger partial charge in [0, 0.05) is 5.25 Å². The molecule has 1 saturated heterocycles. The average Bonchev–Trinajstić information content (AvgIpc) is 2.17. The fourth-order valence-electron chi connectivity index (χ4n) is 1.86. The topological polar surface area (TPSA) is 49.7 Å². The van der Waals surface area contributed by atoms with Gasteiger partial charge in [-0.05, 0) is 30.9 Å². The van der Waals surface area contributed by atoms with Crippen molar-refractivity contribution < 1.29 is 14.9 Å². The van der Waals surface area contributed by atoms with Gasteiger partial charge in [-0.1, -0.05) is 0 Å². The Morgan fingerprint density at radius 1 is 1.43 bits per heavy atom. The van der Waals surface area contributed by atoms with Crippen molar-refractivity contribution in [3.63, 3.8) is 0 Å². The zero-order chi connectivity index (χ0) is 10.6. The zero-order valence-corrected chi connectivity index (χ0v) is 9.83. The van der Waals surface area contributed by atoms with Crippen molar-refractivity contribution in [2.75, 3.05) is 12.4 Å². The second-order valence-corrected chi connectivity index (χ2v) is 4.74. The molecule has 0 spiro atoms. The molecule has 0 bridgehead atoms. The largest absolute Gasteiger partial charge is 0.394 e. The molecule has 1 rings (SSSR count). The van der Waals surface area contributed by atoms with Gasteiger partial charge >= 0.3 is 0 Å². The first-order chi connectivity index (χ1) is 6.69. The van der Waals surface area contributed by atoms with E-state index in [0.29, 0.717) is 6.42 Å². The zero-order valence-electron chi connectivity index (χ0n) is 8.04. The van der Waals surface area contributed by atoms with E-state index in [1.165, 1.54) is 0 Å². The molecule has 1 aliphatic heterocycles. The van der Waals surface area contributed by atoms with Gasteiger partial charge in [0.2, 0.25) is 0 Å². The summed E-state index contributed by atoms with van der Waals surface area (Å²) in [7, 11) is 0. The summed E-state index contributed by atoms with van der Waals surface area (Å²) in [5.74, 6) is 1.00. The third-order valence-corrected chi connectivity index (χ3v) is 3.55. The Bertz CT molecular complexity index is 168. The van der Waals surface area contributed by atoms with E-state index in [1.54, 1.807) is 0 Å². The van der Waals surface area contributed by atoms with Crippen LogP contribution in [0.15, 0.2) is 0 Å². The summed E-state index contributed by atoms with van der Waals surface area (Å²) in [5.41, 5.74) is 0. The van der Waals surface area contributed by atoms with Crippen LogP contribution >= 0.6 is 25.3 Å². The third-order valence-electron chi connectivity index (χ3n) is 2.66. The van der Waals surface area contributed by atoms with Gasteiger partial charge in [0.1, 0.15) is 0 Å². The average molecular weight is 238 g/mol. The maximum absolute atomic E-state index is 9.27. The Morgan fingerprint density at radius 3 is 2.71 bits per heavy atom. The summed E-state index contributed by atoms with van der Waals surface area (Å²) in [6.07, 6.45) is 1.38. The molecule has 0 radical (unpaired) electrons. The molecule has 1 aliphatic rings. The molecule has 0 saturated carbocycles. The van der Waals surface area contributed by atoms with E-state index in [4.69, 9.17) is 9.84 Å². The van der Waals surface area contributed by atoms with Crippen LogP contribution < -0.4 is 0 Å². The summed E-state index contributed by atoms with van der Waals surface area (Å²) in [4.78, 5) is 0. The quantitative estimate of drug-likeness (QED) is 0.546. The van der Waals surface area contributed by atoms with E-state index in [2.05, 4.69) is 25.3 Å². The Kier molecular flexibility index (Phi) is 5.62. The lowest BCUT2D eigenvalue weighted by Crippen LogP contribution is -2.41. The first kappa shape index (κ1) is 12.6. The van der Waals surface area contributed by atoms with Gasteiger partial charge in [0.15, 0.2) is 6.29 Å². The van der Waals surface area contributed by atoms with E-state index in [1.807, 2.05) is 0 Å². The van der Waals surface area contributed by atoms with Crippen LogP contribution in [0.3, 0.4) is 0 Å². The molecular weight excluding hydrogens is 220 g/mol. The lowest BCUT2D eigenvalue weighted by Gasteiger charge is -2.36. The van der Waals surface area contributed by atoms with E-state index >= 15 is 0 Å². The van der Waals surface area contributed by atoms with Crippen LogP contribution in [0.4, 0.5) is 0 Å². The minimum absolute atomic E-state index is 0.0502. The highest BCUT2D eigenvalue weighted by Gasteiger charge is 2.33. The fraction of sp³-hybridized carbons (Fsp3) is 1.00. The van der Waals surface area contributed by atoms with Crippen molar-refractivity contribution in [1.82, 2.24) is 0 Å².